The zero-order valence-electron chi connectivity index (χ0n) is 5.93. The van der Waals surface area contributed by atoms with Crippen molar-refractivity contribution in [1.29, 1.82) is 0 Å². The van der Waals surface area contributed by atoms with Crippen LogP contribution < -0.4 is 0 Å². The summed E-state index contributed by atoms with van der Waals surface area (Å²) in [5.41, 5.74) is 0.248. The smallest absolute Gasteiger partial charge is 0.104 e. The van der Waals surface area contributed by atoms with Gasteiger partial charge in [0.25, 0.3) is 0 Å². The molecule has 1 nitrogen and oxygen atoms in total. The number of hydrogen-bond acceptors (Lipinski definition) is 2. The fourth-order valence-electron chi connectivity index (χ4n) is 0.540. The van der Waals surface area contributed by atoms with Crippen molar-refractivity contribution >= 4 is 11.5 Å². The Labute approximate surface area is 59.9 Å². The molecule has 1 radical (unpaired) electrons. The lowest BCUT2D eigenvalue weighted by Crippen LogP contribution is -2.07. The van der Waals surface area contributed by atoms with Gasteiger partial charge < -0.3 is 0 Å². The first-order chi connectivity index (χ1) is 4.11. The van der Waals surface area contributed by atoms with Gasteiger partial charge in [-0.15, -0.1) is 0 Å². The van der Waals surface area contributed by atoms with E-state index < -0.39 is 0 Å². The van der Waals surface area contributed by atoms with Crippen molar-refractivity contribution in [2.24, 2.45) is 0 Å². The van der Waals surface area contributed by atoms with Gasteiger partial charge in [-0.2, -0.15) is 4.37 Å². The molecule has 49 valence electrons. The fourth-order valence-corrected chi connectivity index (χ4v) is 1.12. The summed E-state index contributed by atoms with van der Waals surface area (Å²) < 4.78 is 3.91. The van der Waals surface area contributed by atoms with Crippen LogP contribution in [0.25, 0.3) is 0 Å². The van der Waals surface area contributed by atoms with Gasteiger partial charge in [0.2, 0.25) is 0 Å². The summed E-state index contributed by atoms with van der Waals surface area (Å²) in [7, 11) is 0. The number of hydrogen-bond donors (Lipinski definition) is 0. The Morgan fingerprint density at radius 2 is 2.22 bits per heavy atom. The van der Waals surface area contributed by atoms with E-state index >= 15 is 0 Å². The van der Waals surface area contributed by atoms with Crippen molar-refractivity contribution in [3.05, 3.63) is 17.1 Å². The molecule has 0 saturated heterocycles. The van der Waals surface area contributed by atoms with Crippen molar-refractivity contribution in [3.63, 3.8) is 0 Å². The van der Waals surface area contributed by atoms with Crippen LogP contribution in [0, 0.1) is 6.20 Å². The third-order valence-corrected chi connectivity index (χ3v) is 2.26. The van der Waals surface area contributed by atoms with Crippen molar-refractivity contribution in [2.45, 2.75) is 26.2 Å². The van der Waals surface area contributed by atoms with Crippen molar-refractivity contribution in [3.8, 4) is 0 Å². The Kier molecular flexibility index (Phi) is 1.58. The number of aromatic nitrogens is 1. The maximum absolute atomic E-state index is 3.91. The van der Waals surface area contributed by atoms with E-state index in [9.17, 15) is 0 Å². The third kappa shape index (κ3) is 1.52. The van der Waals surface area contributed by atoms with E-state index in [2.05, 4.69) is 31.3 Å². The fraction of sp³-hybridized carbons (Fsp3) is 0.571. The van der Waals surface area contributed by atoms with Crippen LogP contribution in [0.1, 0.15) is 25.6 Å². The van der Waals surface area contributed by atoms with Crippen LogP contribution in [-0.2, 0) is 5.41 Å². The average Bonchev–Trinajstić information content (AvgIpc) is 2.08. The Bertz CT molecular complexity index is 171. The maximum atomic E-state index is 3.91. The topological polar surface area (TPSA) is 12.9 Å². The molecule has 1 aromatic rings. The van der Waals surface area contributed by atoms with E-state index in [1.165, 1.54) is 16.4 Å². The molecular formula is C7H10NS. The summed E-state index contributed by atoms with van der Waals surface area (Å²) in [5, 5.41) is 0. The molecule has 0 aromatic carbocycles. The summed E-state index contributed by atoms with van der Waals surface area (Å²) in [4.78, 5) is 1.29. The van der Waals surface area contributed by atoms with Gasteiger partial charge in [-0.25, -0.2) is 0 Å². The van der Waals surface area contributed by atoms with Crippen LogP contribution in [0.5, 0.6) is 0 Å². The summed E-state index contributed by atoms with van der Waals surface area (Å²) in [6, 6.07) is 1.95. The largest absolute Gasteiger partial charge is 0.191 e. The highest BCUT2D eigenvalue weighted by molar-refractivity contribution is 7.05. The van der Waals surface area contributed by atoms with E-state index in [0.29, 0.717) is 0 Å². The van der Waals surface area contributed by atoms with E-state index in [4.69, 9.17) is 0 Å². The minimum absolute atomic E-state index is 0.248. The van der Waals surface area contributed by atoms with Crippen LogP contribution in [-0.4, -0.2) is 4.37 Å². The van der Waals surface area contributed by atoms with Gasteiger partial charge in [-0.05, 0) is 23.0 Å². The first-order valence-corrected chi connectivity index (χ1v) is 3.71. The zero-order chi connectivity index (χ0) is 6.91. The van der Waals surface area contributed by atoms with Gasteiger partial charge >= 0.3 is 0 Å². The standard InChI is InChI=1S/C7H10NS/c1-7(2,3)6-4-5-8-9-6/h4H,1-3H3. The highest BCUT2D eigenvalue weighted by Gasteiger charge is 2.14. The molecule has 9 heavy (non-hydrogen) atoms. The Morgan fingerprint density at radius 3 is 2.44 bits per heavy atom. The minimum atomic E-state index is 0.248. The molecule has 1 rings (SSSR count). The molecule has 1 heterocycles. The van der Waals surface area contributed by atoms with Gasteiger partial charge in [-0.1, -0.05) is 20.8 Å². The van der Waals surface area contributed by atoms with Crippen molar-refractivity contribution < 1.29 is 0 Å². The van der Waals surface area contributed by atoms with Crippen LogP contribution in [0.3, 0.4) is 0 Å². The van der Waals surface area contributed by atoms with E-state index in [-0.39, 0.29) is 5.41 Å². The molecule has 0 bridgehead atoms. The molecule has 0 saturated carbocycles. The van der Waals surface area contributed by atoms with E-state index in [1.54, 1.807) is 0 Å². The minimum Gasteiger partial charge on any atom is -0.191 e. The van der Waals surface area contributed by atoms with Crippen molar-refractivity contribution in [2.75, 3.05) is 0 Å². The lowest BCUT2D eigenvalue weighted by Gasteiger charge is -2.13. The van der Waals surface area contributed by atoms with E-state index in [0.717, 1.165) is 0 Å². The van der Waals surface area contributed by atoms with Gasteiger partial charge in [0.1, 0.15) is 6.20 Å². The first kappa shape index (κ1) is 6.75. The second-order valence-electron chi connectivity index (χ2n) is 3.07. The molecule has 0 amide bonds. The molecule has 1 aromatic heterocycles. The van der Waals surface area contributed by atoms with Crippen molar-refractivity contribution in [1.82, 2.24) is 4.37 Å². The number of rotatable bonds is 0. The summed E-state index contributed by atoms with van der Waals surface area (Å²) >= 11 is 1.52. The zero-order valence-corrected chi connectivity index (χ0v) is 6.75. The summed E-state index contributed by atoms with van der Waals surface area (Å²) in [6.07, 6.45) is 2.80. The molecular weight excluding hydrogens is 130 g/mol. The average molecular weight is 140 g/mol. The van der Waals surface area contributed by atoms with Crippen LogP contribution >= 0.6 is 11.5 Å². The molecule has 0 aliphatic heterocycles. The molecule has 0 fully saturated rings. The van der Waals surface area contributed by atoms with Gasteiger partial charge in [0, 0.05) is 4.88 Å². The lowest BCUT2D eigenvalue weighted by atomic mass is 9.95. The molecule has 0 aliphatic rings. The van der Waals surface area contributed by atoms with Crippen LogP contribution in [0.15, 0.2) is 6.07 Å². The second-order valence-corrected chi connectivity index (χ2v) is 3.88. The highest BCUT2D eigenvalue weighted by atomic mass is 32.1. The summed E-state index contributed by atoms with van der Waals surface area (Å²) in [5.74, 6) is 0. The maximum Gasteiger partial charge on any atom is 0.104 e. The Hall–Kier alpha value is -0.370. The quantitative estimate of drug-likeness (QED) is 0.538. The second kappa shape index (κ2) is 2.10. The molecule has 0 N–H and O–H groups in total. The van der Waals surface area contributed by atoms with Gasteiger partial charge in [0.05, 0.1) is 0 Å². The Morgan fingerprint density at radius 1 is 1.56 bits per heavy atom. The molecule has 0 aliphatic carbocycles. The Balaban J connectivity index is 2.90. The SMILES string of the molecule is CC(C)(C)c1c[c]ns1. The number of nitrogens with zero attached hydrogens (tertiary/aromatic N) is 1. The normalized spacial score (nSPS) is 11.9. The predicted molar refractivity (Wildman–Crippen MR) is 39.7 cm³/mol. The third-order valence-electron chi connectivity index (χ3n) is 1.13. The first-order valence-electron chi connectivity index (χ1n) is 2.94. The summed E-state index contributed by atoms with van der Waals surface area (Å²) in [6.45, 7) is 6.52. The molecule has 0 atom stereocenters. The van der Waals surface area contributed by atoms with Gasteiger partial charge in [0.15, 0.2) is 0 Å². The predicted octanol–water partition coefficient (Wildman–Crippen LogP) is 2.24. The van der Waals surface area contributed by atoms with Gasteiger partial charge in [-0.3, -0.25) is 0 Å². The van der Waals surface area contributed by atoms with Crippen LogP contribution in [0.2, 0.25) is 0 Å². The monoisotopic (exact) mass is 140 g/mol. The molecule has 2 heteroatoms. The molecule has 0 unspecified atom stereocenters. The molecule has 0 spiro atoms. The lowest BCUT2D eigenvalue weighted by molar-refractivity contribution is 0.604. The van der Waals surface area contributed by atoms with E-state index in [1.807, 2.05) is 6.07 Å². The van der Waals surface area contributed by atoms with Crippen LogP contribution in [0.4, 0.5) is 0 Å². The highest BCUT2D eigenvalue weighted by Crippen LogP contribution is 2.23.